The standard InChI is InChI=1S/C11H13BrO2/c1-2-8-7-9(3-4-10(8)12)11-13-5-6-14-11/h3-4,7,11H,2,5-6H2,1H3. The van der Waals surface area contributed by atoms with E-state index >= 15 is 0 Å². The first-order valence-corrected chi connectivity index (χ1v) is 5.62. The molecule has 1 fully saturated rings. The largest absolute Gasteiger partial charge is 0.346 e. The molecule has 0 spiro atoms. The van der Waals surface area contributed by atoms with Crippen LogP contribution in [-0.4, -0.2) is 13.2 Å². The highest BCUT2D eigenvalue weighted by Crippen LogP contribution is 2.27. The zero-order valence-corrected chi connectivity index (χ0v) is 9.71. The molecule has 0 unspecified atom stereocenters. The molecule has 1 aliphatic heterocycles. The van der Waals surface area contributed by atoms with Crippen LogP contribution in [0.25, 0.3) is 0 Å². The second-order valence-corrected chi connectivity index (χ2v) is 4.13. The van der Waals surface area contributed by atoms with Crippen LogP contribution >= 0.6 is 15.9 Å². The summed E-state index contributed by atoms with van der Waals surface area (Å²) in [5, 5.41) is 0. The molecule has 1 aliphatic rings. The minimum atomic E-state index is -0.159. The van der Waals surface area contributed by atoms with Crippen LogP contribution in [0, 0.1) is 0 Å². The topological polar surface area (TPSA) is 18.5 Å². The van der Waals surface area contributed by atoms with Gasteiger partial charge in [-0.25, -0.2) is 0 Å². The van der Waals surface area contributed by atoms with Crippen molar-refractivity contribution in [1.82, 2.24) is 0 Å². The molecule has 2 nitrogen and oxygen atoms in total. The fourth-order valence-electron chi connectivity index (χ4n) is 1.56. The second kappa shape index (κ2) is 4.43. The minimum Gasteiger partial charge on any atom is -0.346 e. The molecule has 14 heavy (non-hydrogen) atoms. The molecule has 1 saturated heterocycles. The maximum Gasteiger partial charge on any atom is 0.184 e. The van der Waals surface area contributed by atoms with Gasteiger partial charge in [0.25, 0.3) is 0 Å². The molecule has 0 bridgehead atoms. The van der Waals surface area contributed by atoms with Crippen molar-refractivity contribution in [2.75, 3.05) is 13.2 Å². The van der Waals surface area contributed by atoms with Crippen molar-refractivity contribution in [2.45, 2.75) is 19.6 Å². The van der Waals surface area contributed by atoms with Crippen LogP contribution in [0.4, 0.5) is 0 Å². The van der Waals surface area contributed by atoms with Gasteiger partial charge in [0.2, 0.25) is 0 Å². The van der Waals surface area contributed by atoms with Gasteiger partial charge in [-0.2, -0.15) is 0 Å². The maximum atomic E-state index is 5.44. The second-order valence-electron chi connectivity index (χ2n) is 3.28. The van der Waals surface area contributed by atoms with Crippen molar-refractivity contribution in [3.05, 3.63) is 33.8 Å². The average molecular weight is 257 g/mol. The van der Waals surface area contributed by atoms with Gasteiger partial charge in [-0.1, -0.05) is 28.9 Å². The van der Waals surface area contributed by atoms with Gasteiger partial charge in [0.05, 0.1) is 13.2 Å². The van der Waals surface area contributed by atoms with Gasteiger partial charge >= 0.3 is 0 Å². The van der Waals surface area contributed by atoms with E-state index in [1.807, 2.05) is 6.07 Å². The van der Waals surface area contributed by atoms with Gasteiger partial charge in [-0.15, -0.1) is 0 Å². The highest BCUT2D eigenvalue weighted by molar-refractivity contribution is 9.10. The average Bonchev–Trinajstić information content (AvgIpc) is 2.71. The van der Waals surface area contributed by atoms with Gasteiger partial charge in [-0.05, 0) is 24.1 Å². The summed E-state index contributed by atoms with van der Waals surface area (Å²) in [6.45, 7) is 3.53. The summed E-state index contributed by atoms with van der Waals surface area (Å²) in [5.41, 5.74) is 2.41. The van der Waals surface area contributed by atoms with E-state index in [0.29, 0.717) is 13.2 Å². The zero-order valence-electron chi connectivity index (χ0n) is 8.13. The molecule has 1 aromatic carbocycles. The van der Waals surface area contributed by atoms with E-state index in [1.54, 1.807) is 0 Å². The lowest BCUT2D eigenvalue weighted by molar-refractivity contribution is -0.0441. The Balaban J connectivity index is 2.25. The fraction of sp³-hybridized carbons (Fsp3) is 0.455. The molecule has 0 aromatic heterocycles. The molecule has 1 heterocycles. The molecule has 0 N–H and O–H groups in total. The molecule has 0 radical (unpaired) electrons. The van der Waals surface area contributed by atoms with Crippen molar-refractivity contribution < 1.29 is 9.47 Å². The summed E-state index contributed by atoms with van der Waals surface area (Å²) >= 11 is 3.52. The number of hydrogen-bond acceptors (Lipinski definition) is 2. The molecule has 76 valence electrons. The number of benzene rings is 1. The summed E-state index contributed by atoms with van der Waals surface area (Å²) in [5.74, 6) is 0. The third kappa shape index (κ3) is 2.00. The van der Waals surface area contributed by atoms with Crippen molar-refractivity contribution in [3.63, 3.8) is 0 Å². The van der Waals surface area contributed by atoms with Crippen molar-refractivity contribution in [2.24, 2.45) is 0 Å². The van der Waals surface area contributed by atoms with Crippen molar-refractivity contribution in [1.29, 1.82) is 0 Å². The van der Waals surface area contributed by atoms with Gasteiger partial charge in [0.15, 0.2) is 6.29 Å². The number of halogens is 1. The number of ether oxygens (including phenoxy) is 2. The maximum absolute atomic E-state index is 5.44. The van der Waals surface area contributed by atoms with E-state index in [0.717, 1.165) is 16.5 Å². The first-order valence-electron chi connectivity index (χ1n) is 4.83. The first kappa shape index (κ1) is 10.1. The van der Waals surface area contributed by atoms with Crippen LogP contribution in [0.1, 0.15) is 24.3 Å². The fourth-order valence-corrected chi connectivity index (χ4v) is 2.09. The number of aryl methyl sites for hydroxylation is 1. The van der Waals surface area contributed by atoms with E-state index < -0.39 is 0 Å². The van der Waals surface area contributed by atoms with Gasteiger partial charge in [-0.3, -0.25) is 0 Å². The predicted octanol–water partition coefficient (Wildman–Crippen LogP) is 3.06. The van der Waals surface area contributed by atoms with Crippen LogP contribution in [0.15, 0.2) is 22.7 Å². The van der Waals surface area contributed by atoms with E-state index in [4.69, 9.17) is 9.47 Å². The monoisotopic (exact) mass is 256 g/mol. The molecule has 0 aliphatic carbocycles. The van der Waals surface area contributed by atoms with Crippen molar-refractivity contribution in [3.8, 4) is 0 Å². The Bertz CT molecular complexity index is 319. The summed E-state index contributed by atoms with van der Waals surface area (Å²) in [6, 6.07) is 6.23. The summed E-state index contributed by atoms with van der Waals surface area (Å²) < 4.78 is 12.0. The van der Waals surface area contributed by atoms with Gasteiger partial charge in [0.1, 0.15) is 0 Å². The highest BCUT2D eigenvalue weighted by atomic mass is 79.9. The molecular weight excluding hydrogens is 244 g/mol. The highest BCUT2D eigenvalue weighted by Gasteiger charge is 2.18. The molecule has 3 heteroatoms. The minimum absolute atomic E-state index is 0.159. The SMILES string of the molecule is CCc1cc(C2OCCO2)ccc1Br. The van der Waals surface area contributed by atoms with Crippen molar-refractivity contribution >= 4 is 15.9 Å². The van der Waals surface area contributed by atoms with Crippen LogP contribution < -0.4 is 0 Å². The van der Waals surface area contributed by atoms with Crippen LogP contribution in [-0.2, 0) is 15.9 Å². The number of hydrogen-bond donors (Lipinski definition) is 0. The lowest BCUT2D eigenvalue weighted by atomic mass is 10.1. The van der Waals surface area contributed by atoms with E-state index in [1.165, 1.54) is 5.56 Å². The summed E-state index contributed by atoms with van der Waals surface area (Å²) in [7, 11) is 0. The zero-order chi connectivity index (χ0) is 9.97. The quantitative estimate of drug-likeness (QED) is 0.810. The third-order valence-corrected chi connectivity index (χ3v) is 3.12. The van der Waals surface area contributed by atoms with Gasteiger partial charge in [0, 0.05) is 10.0 Å². The van der Waals surface area contributed by atoms with Crippen LogP contribution in [0.2, 0.25) is 0 Å². The predicted molar refractivity (Wildman–Crippen MR) is 58.2 cm³/mol. The van der Waals surface area contributed by atoms with E-state index in [9.17, 15) is 0 Å². The Morgan fingerprint density at radius 3 is 2.71 bits per heavy atom. The smallest absolute Gasteiger partial charge is 0.184 e. The molecule has 0 saturated carbocycles. The Morgan fingerprint density at radius 2 is 2.07 bits per heavy atom. The molecule has 0 amide bonds. The molecule has 2 rings (SSSR count). The number of rotatable bonds is 2. The molecular formula is C11H13BrO2. The summed E-state index contributed by atoms with van der Waals surface area (Å²) in [4.78, 5) is 0. The van der Waals surface area contributed by atoms with Crippen LogP contribution in [0.3, 0.4) is 0 Å². The first-order chi connectivity index (χ1) is 6.81. The normalized spacial score (nSPS) is 17.6. The van der Waals surface area contributed by atoms with E-state index in [2.05, 4.69) is 35.0 Å². The van der Waals surface area contributed by atoms with E-state index in [-0.39, 0.29) is 6.29 Å². The third-order valence-electron chi connectivity index (χ3n) is 2.34. The van der Waals surface area contributed by atoms with Crippen LogP contribution in [0.5, 0.6) is 0 Å². The Morgan fingerprint density at radius 1 is 1.36 bits per heavy atom. The Labute approximate surface area is 92.3 Å². The Hall–Kier alpha value is -0.380. The van der Waals surface area contributed by atoms with Gasteiger partial charge < -0.3 is 9.47 Å². The summed E-state index contributed by atoms with van der Waals surface area (Å²) in [6.07, 6.45) is 0.856. The molecule has 1 aromatic rings. The lowest BCUT2D eigenvalue weighted by Gasteiger charge is -2.11. The Kier molecular flexibility index (Phi) is 3.21. The molecule has 0 atom stereocenters. The lowest BCUT2D eigenvalue weighted by Crippen LogP contribution is -1.99.